The van der Waals surface area contributed by atoms with E-state index in [2.05, 4.69) is 4.36 Å². The van der Waals surface area contributed by atoms with Crippen LogP contribution in [-0.2, 0) is 20.9 Å². The van der Waals surface area contributed by atoms with Crippen LogP contribution in [0.5, 0.6) is 0 Å². The van der Waals surface area contributed by atoms with Gasteiger partial charge in [-0.15, -0.1) is 0 Å². The molecule has 1 aliphatic heterocycles. The van der Waals surface area contributed by atoms with Crippen LogP contribution in [0.2, 0.25) is 0 Å². The number of carbonyl (C=O) groups is 1. The van der Waals surface area contributed by atoms with Crippen molar-refractivity contribution in [2.24, 2.45) is 4.36 Å². The number of carbonyl (C=O) groups excluding carboxylic acids is 1. The first kappa shape index (κ1) is 7.94. The Morgan fingerprint density at radius 1 is 1.58 bits per heavy atom. The molecule has 12 heavy (non-hydrogen) atoms. The largest absolute Gasteiger partial charge is 0.272 e. The summed E-state index contributed by atoms with van der Waals surface area (Å²) in [7, 11) is -2.41. The Kier molecular flexibility index (Phi) is 1.59. The minimum atomic E-state index is -2.41. The van der Waals surface area contributed by atoms with Gasteiger partial charge < -0.3 is 0 Å². The van der Waals surface area contributed by atoms with Crippen LogP contribution < -0.4 is 0 Å². The molecule has 0 aliphatic carbocycles. The molecule has 1 aromatic rings. The highest BCUT2D eigenvalue weighted by Gasteiger charge is 2.21. The molecule has 0 aromatic carbocycles. The fourth-order valence-corrected chi connectivity index (χ4v) is 4.05. The van der Waals surface area contributed by atoms with Gasteiger partial charge >= 0.3 is 0 Å². The van der Waals surface area contributed by atoms with E-state index in [9.17, 15) is 9.00 Å². The summed E-state index contributed by atoms with van der Waals surface area (Å²) >= 11 is 1.47. The molecule has 0 radical (unpaired) electrons. The Labute approximate surface area is 74.6 Å². The topological polar surface area (TPSA) is 46.5 Å². The average Bonchev–Trinajstić information content (AvgIpc) is 2.32. The zero-order chi connectivity index (χ0) is 8.77. The van der Waals surface area contributed by atoms with E-state index in [0.717, 1.165) is 10.5 Å². The van der Waals surface area contributed by atoms with Crippen LogP contribution in [0.3, 0.4) is 0 Å². The molecule has 2 rings (SSSR count). The maximum Gasteiger partial charge on any atom is 0.258 e. The van der Waals surface area contributed by atoms with Crippen molar-refractivity contribution in [1.82, 2.24) is 0 Å². The van der Waals surface area contributed by atoms with Crippen molar-refractivity contribution in [3.63, 3.8) is 0 Å². The Bertz CT molecular complexity index is 452. The van der Waals surface area contributed by atoms with Crippen LogP contribution in [0.1, 0.15) is 5.56 Å². The summed E-state index contributed by atoms with van der Waals surface area (Å²) in [6.07, 6.45) is 1.82. The lowest BCUT2D eigenvalue weighted by atomic mass is 10.2. The van der Waals surface area contributed by atoms with E-state index in [1.54, 1.807) is 0 Å². The summed E-state index contributed by atoms with van der Waals surface area (Å²) in [4.78, 5) is 11.7. The zero-order valence-electron chi connectivity index (χ0n) is 6.44. The third-order valence-corrected chi connectivity index (χ3v) is 4.42. The number of hydrogen-bond acceptors (Lipinski definition) is 3. The van der Waals surface area contributed by atoms with Gasteiger partial charge in [-0.05, 0) is 10.9 Å². The second kappa shape index (κ2) is 2.40. The fraction of sp³-hybridized carbons (Fsp3) is 0.286. The maximum atomic E-state index is 11.7. The Morgan fingerprint density at radius 2 is 2.33 bits per heavy atom. The van der Waals surface area contributed by atoms with Gasteiger partial charge in [0.25, 0.3) is 5.91 Å². The standard InChI is InChI=1S/C7H7NO2S2/c1-12(10)6-4-11-3-5(6)2-7(9)8-12/h3-4H,2H2,1H3. The van der Waals surface area contributed by atoms with Crippen LogP contribution in [0.4, 0.5) is 0 Å². The van der Waals surface area contributed by atoms with E-state index >= 15 is 0 Å². The predicted molar refractivity (Wildman–Crippen MR) is 47.8 cm³/mol. The van der Waals surface area contributed by atoms with Crippen molar-refractivity contribution in [2.75, 3.05) is 6.26 Å². The zero-order valence-corrected chi connectivity index (χ0v) is 8.08. The molecule has 64 valence electrons. The van der Waals surface area contributed by atoms with Crippen LogP contribution in [-0.4, -0.2) is 16.4 Å². The Balaban J connectivity index is 2.77. The number of thiophene rings is 1. The second-order valence-corrected chi connectivity index (χ2v) is 5.70. The molecular weight excluding hydrogens is 194 g/mol. The lowest BCUT2D eigenvalue weighted by molar-refractivity contribution is -0.117. The molecule has 0 fully saturated rings. The first-order valence-corrected chi connectivity index (χ1v) is 6.26. The molecule has 1 aromatic heterocycles. The van der Waals surface area contributed by atoms with Crippen LogP contribution in [0.15, 0.2) is 20.0 Å². The van der Waals surface area contributed by atoms with Crippen molar-refractivity contribution in [3.8, 4) is 0 Å². The quantitative estimate of drug-likeness (QED) is 0.635. The highest BCUT2D eigenvalue weighted by molar-refractivity contribution is 7.93. The molecule has 1 atom stereocenters. The normalized spacial score (nSPS) is 27.9. The van der Waals surface area contributed by atoms with E-state index in [4.69, 9.17) is 0 Å². The molecular formula is C7H7NO2S2. The molecule has 0 saturated carbocycles. The Morgan fingerprint density at radius 3 is 3.08 bits per heavy atom. The lowest BCUT2D eigenvalue weighted by Gasteiger charge is -2.09. The van der Waals surface area contributed by atoms with Crippen molar-refractivity contribution in [2.45, 2.75) is 11.3 Å². The molecule has 1 aliphatic rings. The average molecular weight is 201 g/mol. The van der Waals surface area contributed by atoms with Gasteiger partial charge in [-0.2, -0.15) is 15.7 Å². The lowest BCUT2D eigenvalue weighted by Crippen LogP contribution is -2.12. The maximum absolute atomic E-state index is 11.7. The smallest absolute Gasteiger partial charge is 0.258 e. The van der Waals surface area contributed by atoms with Gasteiger partial charge in [0.15, 0.2) is 0 Å². The molecule has 2 heterocycles. The minimum absolute atomic E-state index is 0.270. The summed E-state index contributed by atoms with van der Waals surface area (Å²) in [5.74, 6) is -0.270. The van der Waals surface area contributed by atoms with Gasteiger partial charge in [-0.1, -0.05) is 0 Å². The molecule has 3 nitrogen and oxygen atoms in total. The summed E-state index contributed by atoms with van der Waals surface area (Å²) in [5.41, 5.74) is 0.882. The number of amides is 1. The number of rotatable bonds is 0. The van der Waals surface area contributed by atoms with Gasteiger partial charge in [0, 0.05) is 11.6 Å². The number of fused-ring (bicyclic) bond motifs is 1. The van der Waals surface area contributed by atoms with Gasteiger partial charge in [0.2, 0.25) is 0 Å². The van der Waals surface area contributed by atoms with Crippen LogP contribution >= 0.6 is 11.3 Å². The van der Waals surface area contributed by atoms with Crippen molar-refractivity contribution < 1.29 is 9.00 Å². The molecule has 0 spiro atoms. The summed E-state index contributed by atoms with van der Waals surface area (Å²) in [6, 6.07) is 0. The highest BCUT2D eigenvalue weighted by atomic mass is 32.2. The molecule has 0 N–H and O–H groups in total. The van der Waals surface area contributed by atoms with E-state index in [1.165, 1.54) is 17.6 Å². The van der Waals surface area contributed by atoms with Crippen LogP contribution in [0.25, 0.3) is 0 Å². The first-order chi connectivity index (χ1) is 5.59. The summed E-state index contributed by atoms with van der Waals surface area (Å²) < 4.78 is 15.3. The molecule has 0 saturated heterocycles. The first-order valence-electron chi connectivity index (χ1n) is 3.40. The monoisotopic (exact) mass is 201 g/mol. The van der Waals surface area contributed by atoms with E-state index in [0.29, 0.717) is 6.42 Å². The highest BCUT2D eigenvalue weighted by Crippen LogP contribution is 2.26. The third-order valence-electron chi connectivity index (χ3n) is 1.73. The van der Waals surface area contributed by atoms with Gasteiger partial charge in [-0.25, -0.2) is 4.21 Å². The van der Waals surface area contributed by atoms with E-state index < -0.39 is 9.73 Å². The van der Waals surface area contributed by atoms with Crippen molar-refractivity contribution >= 4 is 27.0 Å². The number of hydrogen-bond donors (Lipinski definition) is 0. The van der Waals surface area contributed by atoms with Gasteiger partial charge in [-0.3, -0.25) is 4.79 Å². The summed E-state index contributed by atoms with van der Waals surface area (Å²) in [6.45, 7) is 0. The summed E-state index contributed by atoms with van der Waals surface area (Å²) in [5, 5.41) is 3.68. The van der Waals surface area contributed by atoms with Crippen LogP contribution in [0, 0.1) is 0 Å². The van der Waals surface area contributed by atoms with Gasteiger partial charge in [0.05, 0.1) is 21.0 Å². The predicted octanol–water partition coefficient (Wildman–Crippen LogP) is 1.29. The molecule has 5 heteroatoms. The van der Waals surface area contributed by atoms with E-state index in [1.807, 2.05) is 10.8 Å². The van der Waals surface area contributed by atoms with Crippen molar-refractivity contribution in [3.05, 3.63) is 16.3 Å². The van der Waals surface area contributed by atoms with E-state index in [-0.39, 0.29) is 5.91 Å². The number of nitrogens with zero attached hydrogens (tertiary/aromatic N) is 1. The van der Waals surface area contributed by atoms with Gasteiger partial charge in [0.1, 0.15) is 0 Å². The second-order valence-electron chi connectivity index (χ2n) is 2.73. The third kappa shape index (κ3) is 1.09. The molecule has 0 bridgehead atoms. The fourth-order valence-electron chi connectivity index (χ4n) is 1.21. The van der Waals surface area contributed by atoms with Crippen molar-refractivity contribution in [1.29, 1.82) is 0 Å². The Hall–Kier alpha value is -0.680. The molecule has 1 amide bonds. The molecule has 1 unspecified atom stereocenters. The SMILES string of the molecule is CS1(=O)=NC(=O)Cc2cscc21. The minimum Gasteiger partial charge on any atom is -0.272 e.